The summed E-state index contributed by atoms with van der Waals surface area (Å²) in [6.45, 7) is 6.41. The minimum Gasteiger partial charge on any atom is -0.481 e. The molecule has 0 bridgehead atoms. The Morgan fingerprint density at radius 1 is 0.565 bits per heavy atom. The molecule has 0 aromatic rings. The van der Waals surface area contributed by atoms with Crippen molar-refractivity contribution in [1.29, 1.82) is 0 Å². The Hall–Kier alpha value is -5.98. The van der Waals surface area contributed by atoms with Crippen molar-refractivity contribution >= 4 is 96.3 Å². The molecule has 20 N–H and O–H groups in total. The monoisotopic (exact) mass is 1020 g/mol. The lowest BCUT2D eigenvalue weighted by Crippen LogP contribution is -2.62. The maximum atomic E-state index is 13.8. The lowest BCUT2D eigenvalue weighted by atomic mass is 9.99. The third-order valence-corrected chi connectivity index (χ3v) is 10.5. The number of carboxylic acids is 2. The zero-order valence-corrected chi connectivity index (χ0v) is 40.7. The molecule has 0 saturated heterocycles. The predicted molar refractivity (Wildman–Crippen MR) is 252 cm³/mol. The van der Waals surface area contributed by atoms with E-state index in [1.54, 1.807) is 13.8 Å². The second-order valence-corrected chi connectivity index (χ2v) is 17.2. The first-order chi connectivity index (χ1) is 32.1. The standard InChI is InChI=1S/C39H69N13O15S2/c1-16(2)11-22(33(61)51-28(17(3)4)36(64)48-23(12-26(41)55)32(60)46-21(38(66)67)7-6-10-44-39(42)43)47-34(62)24(13-53)49-31(59)20(8-9-27(56)57)45-37(65)29(18(5)54)52-35(63)25(15-69)50-30(58)19(40)14-68/h16-25,28-29,53-54,68-69H,6-15,40H2,1-5H3,(H2,41,55)(H,45,65)(H,46,60)(H,47,62)(H,48,64)(H,49,59)(H,50,58)(H,51,61)(H,52,63)(H,56,57)(H,66,67)(H4,42,43,44)/t18-,19+,20+,21+,22+,23+,24+,25+,28+,29+/m1/s1. The number of aliphatic carboxylic acids is 2. The van der Waals surface area contributed by atoms with Crippen LogP contribution in [0.25, 0.3) is 0 Å². The van der Waals surface area contributed by atoms with E-state index >= 15 is 0 Å². The Bertz CT molecular complexity index is 1840. The lowest BCUT2D eigenvalue weighted by molar-refractivity contribution is -0.143. The van der Waals surface area contributed by atoms with Crippen LogP contribution in [0.5, 0.6) is 0 Å². The van der Waals surface area contributed by atoms with E-state index in [0.29, 0.717) is 0 Å². The summed E-state index contributed by atoms with van der Waals surface area (Å²) in [7, 11) is 0. The van der Waals surface area contributed by atoms with Gasteiger partial charge in [-0.25, -0.2) is 4.79 Å². The molecule has 0 fully saturated rings. The first-order valence-corrected chi connectivity index (χ1v) is 22.8. The van der Waals surface area contributed by atoms with E-state index in [9.17, 15) is 73.2 Å². The third kappa shape index (κ3) is 24.2. The Kier molecular flexibility index (Phi) is 29.2. The van der Waals surface area contributed by atoms with E-state index in [0.717, 1.165) is 6.92 Å². The van der Waals surface area contributed by atoms with Crippen molar-refractivity contribution in [3.63, 3.8) is 0 Å². The van der Waals surface area contributed by atoms with Crippen molar-refractivity contribution in [2.45, 2.75) is 134 Å². The highest BCUT2D eigenvalue weighted by Crippen LogP contribution is 2.11. The second kappa shape index (κ2) is 31.9. The summed E-state index contributed by atoms with van der Waals surface area (Å²) < 4.78 is 0. The fourth-order valence-electron chi connectivity index (χ4n) is 5.95. The molecule has 28 nitrogen and oxygen atoms in total. The Morgan fingerprint density at radius 2 is 1.03 bits per heavy atom. The number of hydrogen-bond acceptors (Lipinski definition) is 17. The van der Waals surface area contributed by atoms with Gasteiger partial charge in [0.2, 0.25) is 53.2 Å². The van der Waals surface area contributed by atoms with Gasteiger partial charge in [-0.05, 0) is 44.4 Å². The summed E-state index contributed by atoms with van der Waals surface area (Å²) in [5.41, 5.74) is 21.5. The number of rotatable bonds is 33. The first kappa shape index (κ1) is 63.0. The van der Waals surface area contributed by atoms with Crippen LogP contribution >= 0.6 is 25.3 Å². The maximum Gasteiger partial charge on any atom is 0.326 e. The molecule has 0 aliphatic rings. The van der Waals surface area contributed by atoms with Crippen molar-refractivity contribution < 1.29 is 73.2 Å². The van der Waals surface area contributed by atoms with Gasteiger partial charge in [-0.15, -0.1) is 0 Å². The molecule has 0 rings (SSSR count). The maximum absolute atomic E-state index is 13.8. The highest BCUT2D eigenvalue weighted by molar-refractivity contribution is 7.80. The summed E-state index contributed by atoms with van der Waals surface area (Å²) in [4.78, 5) is 145. The summed E-state index contributed by atoms with van der Waals surface area (Å²) >= 11 is 7.94. The van der Waals surface area contributed by atoms with Crippen LogP contribution in [-0.4, -0.2) is 177 Å². The van der Waals surface area contributed by atoms with Crippen LogP contribution in [-0.2, 0) is 52.7 Å². The highest BCUT2D eigenvalue weighted by atomic mass is 32.1. The Labute approximate surface area is 409 Å². The number of amides is 9. The van der Waals surface area contributed by atoms with Gasteiger partial charge in [0.15, 0.2) is 5.96 Å². The van der Waals surface area contributed by atoms with Crippen molar-refractivity contribution in [1.82, 2.24) is 42.5 Å². The molecular weight excluding hydrogens is 955 g/mol. The van der Waals surface area contributed by atoms with Gasteiger partial charge in [-0.1, -0.05) is 27.7 Å². The topological polar surface area (TPSA) is 481 Å². The largest absolute Gasteiger partial charge is 0.481 e. The molecule has 0 aromatic heterocycles. The van der Waals surface area contributed by atoms with Crippen LogP contribution < -0.4 is 65.5 Å². The molecule has 30 heteroatoms. The van der Waals surface area contributed by atoms with E-state index in [4.69, 9.17) is 22.9 Å². The molecule has 9 amide bonds. The fraction of sp³-hybridized carbons (Fsp3) is 0.692. The number of aliphatic hydroxyl groups excluding tert-OH is 2. The van der Waals surface area contributed by atoms with E-state index in [-0.39, 0.29) is 49.2 Å². The Morgan fingerprint density at radius 3 is 1.51 bits per heavy atom. The number of aliphatic hydroxyl groups is 2. The van der Waals surface area contributed by atoms with Crippen molar-refractivity contribution in [2.75, 3.05) is 24.7 Å². The Balaban J connectivity index is 6.33. The molecule has 69 heavy (non-hydrogen) atoms. The fourth-order valence-corrected chi connectivity index (χ4v) is 6.37. The molecular formula is C39H69N13O15S2. The molecule has 0 heterocycles. The predicted octanol–water partition coefficient (Wildman–Crippen LogP) is -6.99. The van der Waals surface area contributed by atoms with Gasteiger partial charge in [0.1, 0.15) is 48.3 Å². The molecule has 0 saturated carbocycles. The number of thiol groups is 2. The number of carbonyl (C=O) groups is 11. The van der Waals surface area contributed by atoms with Gasteiger partial charge < -0.3 is 85.9 Å². The van der Waals surface area contributed by atoms with Gasteiger partial charge in [0.25, 0.3) is 0 Å². The molecule has 0 radical (unpaired) electrons. The molecule has 392 valence electrons. The minimum absolute atomic E-state index is 0.0364. The third-order valence-electron chi connectivity index (χ3n) is 9.69. The lowest BCUT2D eigenvalue weighted by Gasteiger charge is -2.29. The SMILES string of the molecule is CC(C)C[C@H](NC(=O)[C@H](CO)NC(=O)[C@H](CCC(=O)O)NC(=O)[C@@H](NC(=O)[C@H](CS)NC(=O)[C@@H](N)CS)[C@@H](C)O)C(=O)N[C@H](C(=O)N[C@@H](CC(N)=O)C(=O)N[C@@H](CCCN=C(N)N)C(=O)O)C(C)C. The molecule has 0 aliphatic carbocycles. The van der Waals surface area contributed by atoms with Crippen molar-refractivity contribution in [3.05, 3.63) is 0 Å². The molecule has 0 spiro atoms. The number of nitrogens with two attached hydrogens (primary N) is 4. The van der Waals surface area contributed by atoms with Crippen LogP contribution in [0.4, 0.5) is 0 Å². The summed E-state index contributed by atoms with van der Waals surface area (Å²) in [5.74, 6) is -13.9. The van der Waals surface area contributed by atoms with Gasteiger partial charge in [-0.3, -0.25) is 52.9 Å². The number of carbonyl (C=O) groups excluding carboxylic acids is 9. The molecule has 0 unspecified atom stereocenters. The minimum atomic E-state index is -1.85. The van der Waals surface area contributed by atoms with E-state index in [1.807, 2.05) is 0 Å². The van der Waals surface area contributed by atoms with Crippen LogP contribution in [0.15, 0.2) is 4.99 Å². The average molecular weight is 1020 g/mol. The zero-order valence-electron chi connectivity index (χ0n) is 38.9. The summed E-state index contributed by atoms with van der Waals surface area (Å²) in [6.07, 6.45) is -3.86. The van der Waals surface area contributed by atoms with E-state index in [1.165, 1.54) is 13.8 Å². The summed E-state index contributed by atoms with van der Waals surface area (Å²) in [6, 6.07) is -14.0. The quantitative estimate of drug-likeness (QED) is 0.0126. The number of carboxylic acid groups (broad SMARTS) is 2. The number of guanidine groups is 1. The first-order valence-electron chi connectivity index (χ1n) is 21.6. The normalized spacial score (nSPS) is 15.4. The molecule has 0 aliphatic heterocycles. The van der Waals surface area contributed by atoms with Crippen molar-refractivity contribution in [2.24, 2.45) is 39.8 Å². The number of nitrogens with one attached hydrogen (secondary N) is 8. The molecule has 10 atom stereocenters. The number of hydrogen-bond donors (Lipinski definition) is 18. The van der Waals surface area contributed by atoms with E-state index in [2.05, 4.69) is 72.8 Å². The van der Waals surface area contributed by atoms with Crippen LogP contribution in [0.3, 0.4) is 0 Å². The number of primary amides is 1. The number of nitrogens with zero attached hydrogens (tertiary/aromatic N) is 1. The van der Waals surface area contributed by atoms with Gasteiger partial charge in [0, 0.05) is 24.5 Å². The molecule has 0 aromatic carbocycles. The van der Waals surface area contributed by atoms with Crippen molar-refractivity contribution in [3.8, 4) is 0 Å². The zero-order chi connectivity index (χ0) is 53.3. The van der Waals surface area contributed by atoms with Gasteiger partial charge in [0.05, 0.1) is 25.2 Å². The number of aliphatic imine (C=N–C) groups is 1. The smallest absolute Gasteiger partial charge is 0.326 e. The second-order valence-electron chi connectivity index (χ2n) is 16.5. The highest BCUT2D eigenvalue weighted by Gasteiger charge is 2.37. The van der Waals surface area contributed by atoms with E-state index < -0.39 is 157 Å². The average Bonchev–Trinajstić information content (AvgIpc) is 3.25. The van der Waals surface area contributed by atoms with Crippen LogP contribution in [0.1, 0.15) is 73.1 Å². The van der Waals surface area contributed by atoms with Crippen LogP contribution in [0, 0.1) is 11.8 Å². The van der Waals surface area contributed by atoms with Crippen LogP contribution in [0.2, 0.25) is 0 Å². The van der Waals surface area contributed by atoms with Gasteiger partial charge >= 0.3 is 11.9 Å². The summed E-state index contributed by atoms with van der Waals surface area (Å²) in [5, 5.41) is 57.9. The van der Waals surface area contributed by atoms with Gasteiger partial charge in [-0.2, -0.15) is 25.3 Å².